The van der Waals surface area contributed by atoms with Crippen LogP contribution in [0.5, 0.6) is 5.75 Å². The second-order valence-electron chi connectivity index (χ2n) is 5.70. The van der Waals surface area contributed by atoms with E-state index in [0.717, 1.165) is 18.4 Å². The summed E-state index contributed by atoms with van der Waals surface area (Å²) in [5.41, 5.74) is -0.108. The van der Waals surface area contributed by atoms with Crippen molar-refractivity contribution in [1.29, 1.82) is 0 Å². The topological polar surface area (TPSA) is 69.6 Å². The smallest absolute Gasteiger partial charge is 0.223 e. The number of aliphatic hydroxyl groups is 1. The molecule has 110 valence electrons. The minimum atomic E-state index is -0.832. The first-order valence-corrected chi connectivity index (χ1v) is 7.34. The van der Waals surface area contributed by atoms with Crippen LogP contribution in [0.15, 0.2) is 24.3 Å². The van der Waals surface area contributed by atoms with Crippen LogP contribution >= 0.6 is 0 Å². The summed E-state index contributed by atoms with van der Waals surface area (Å²) in [6.07, 6.45) is 4.22. The van der Waals surface area contributed by atoms with Gasteiger partial charge in [-0.2, -0.15) is 0 Å². The number of carbonyl (C=O) groups excluding carboxylic acids is 1. The summed E-state index contributed by atoms with van der Waals surface area (Å²) in [5, 5.41) is 23.0. The first kappa shape index (κ1) is 14.9. The molecule has 1 atom stereocenters. The Balaban J connectivity index is 2.00. The van der Waals surface area contributed by atoms with Gasteiger partial charge in [0.15, 0.2) is 0 Å². The maximum absolute atomic E-state index is 12.1. The average Bonchev–Trinajstić information content (AvgIpc) is 2.83. The van der Waals surface area contributed by atoms with E-state index in [9.17, 15) is 15.0 Å². The highest BCUT2D eigenvalue weighted by Crippen LogP contribution is 2.33. The van der Waals surface area contributed by atoms with Gasteiger partial charge in [-0.05, 0) is 25.3 Å². The highest BCUT2D eigenvalue weighted by atomic mass is 16.3. The van der Waals surface area contributed by atoms with Crippen LogP contribution in [-0.2, 0) is 4.79 Å². The zero-order valence-corrected chi connectivity index (χ0v) is 11.9. The van der Waals surface area contributed by atoms with Gasteiger partial charge in [-0.1, -0.05) is 38.0 Å². The van der Waals surface area contributed by atoms with E-state index in [0.29, 0.717) is 19.3 Å². The van der Waals surface area contributed by atoms with Crippen LogP contribution in [0.25, 0.3) is 0 Å². The van der Waals surface area contributed by atoms with Crippen molar-refractivity contribution in [2.24, 2.45) is 0 Å². The Morgan fingerprint density at radius 1 is 1.35 bits per heavy atom. The second kappa shape index (κ2) is 6.27. The quantitative estimate of drug-likeness (QED) is 0.775. The Morgan fingerprint density at radius 3 is 2.60 bits per heavy atom. The second-order valence-corrected chi connectivity index (χ2v) is 5.70. The highest BCUT2D eigenvalue weighted by molar-refractivity contribution is 5.77. The number of rotatable bonds is 5. The minimum absolute atomic E-state index is 0.149. The van der Waals surface area contributed by atoms with Crippen LogP contribution in [0.3, 0.4) is 0 Å². The number of carbonyl (C=O) groups is 1. The van der Waals surface area contributed by atoms with E-state index in [-0.39, 0.29) is 24.1 Å². The molecule has 0 bridgehead atoms. The van der Waals surface area contributed by atoms with Gasteiger partial charge in [0.1, 0.15) is 5.75 Å². The normalized spacial score (nSPS) is 18.7. The minimum Gasteiger partial charge on any atom is -0.508 e. The van der Waals surface area contributed by atoms with Gasteiger partial charge in [0.2, 0.25) is 5.91 Å². The van der Waals surface area contributed by atoms with Crippen molar-refractivity contribution in [3.63, 3.8) is 0 Å². The number of nitrogens with one attached hydrogen (secondary N) is 1. The molecule has 1 saturated carbocycles. The Bertz CT molecular complexity index is 467. The summed E-state index contributed by atoms with van der Waals surface area (Å²) in [5.74, 6) is 0.0451. The molecule has 0 aromatic heterocycles. The number of para-hydroxylation sites is 1. The molecule has 2 rings (SSSR count). The molecule has 1 aliphatic rings. The maximum Gasteiger partial charge on any atom is 0.223 e. The molecule has 0 heterocycles. The lowest BCUT2D eigenvalue weighted by molar-refractivity contribution is -0.126. The number of hydrogen-bond donors (Lipinski definition) is 3. The van der Waals surface area contributed by atoms with Crippen molar-refractivity contribution < 1.29 is 15.0 Å². The molecular weight excluding hydrogens is 254 g/mol. The Kier molecular flexibility index (Phi) is 4.65. The van der Waals surface area contributed by atoms with E-state index in [1.54, 1.807) is 12.1 Å². The van der Waals surface area contributed by atoms with E-state index in [4.69, 9.17) is 0 Å². The van der Waals surface area contributed by atoms with Gasteiger partial charge in [-0.3, -0.25) is 4.79 Å². The maximum atomic E-state index is 12.1. The molecule has 1 aliphatic carbocycles. The summed E-state index contributed by atoms with van der Waals surface area (Å²) in [6.45, 7) is 1.96. The van der Waals surface area contributed by atoms with Gasteiger partial charge in [0.05, 0.1) is 18.1 Å². The Labute approximate surface area is 119 Å². The van der Waals surface area contributed by atoms with Gasteiger partial charge in [-0.15, -0.1) is 0 Å². The van der Waals surface area contributed by atoms with Crippen LogP contribution in [-0.4, -0.2) is 21.7 Å². The number of phenolic OH excluding ortho intramolecular Hbond substituents is 1. The Hall–Kier alpha value is -1.55. The molecule has 3 N–H and O–H groups in total. The third-order valence-corrected chi connectivity index (χ3v) is 4.08. The fourth-order valence-electron chi connectivity index (χ4n) is 2.94. The van der Waals surface area contributed by atoms with Crippen molar-refractivity contribution in [2.75, 3.05) is 0 Å². The number of aromatic hydroxyl groups is 1. The highest BCUT2D eigenvalue weighted by Gasteiger charge is 2.33. The van der Waals surface area contributed by atoms with E-state index in [1.165, 1.54) is 0 Å². The SMILES string of the molecule is CCC(NC(=O)CC1(O)CCCC1)c1ccccc1O. The molecule has 0 saturated heterocycles. The summed E-state index contributed by atoms with van der Waals surface area (Å²) in [7, 11) is 0. The van der Waals surface area contributed by atoms with E-state index in [1.807, 2.05) is 19.1 Å². The fourth-order valence-corrected chi connectivity index (χ4v) is 2.94. The van der Waals surface area contributed by atoms with Crippen LogP contribution < -0.4 is 5.32 Å². The molecular formula is C16H23NO3. The monoisotopic (exact) mass is 277 g/mol. The largest absolute Gasteiger partial charge is 0.508 e. The van der Waals surface area contributed by atoms with Gasteiger partial charge >= 0.3 is 0 Å². The lowest BCUT2D eigenvalue weighted by atomic mass is 9.96. The fraction of sp³-hybridized carbons (Fsp3) is 0.562. The molecule has 0 radical (unpaired) electrons. The predicted molar refractivity (Wildman–Crippen MR) is 77.3 cm³/mol. The lowest BCUT2D eigenvalue weighted by Crippen LogP contribution is -2.36. The molecule has 1 aromatic carbocycles. The number of hydrogen-bond acceptors (Lipinski definition) is 3. The molecule has 1 unspecified atom stereocenters. The molecule has 1 aromatic rings. The molecule has 4 nitrogen and oxygen atoms in total. The summed E-state index contributed by atoms with van der Waals surface area (Å²) in [4.78, 5) is 12.1. The molecule has 1 amide bonds. The average molecular weight is 277 g/mol. The zero-order valence-electron chi connectivity index (χ0n) is 11.9. The lowest BCUT2D eigenvalue weighted by Gasteiger charge is -2.24. The van der Waals surface area contributed by atoms with Crippen LogP contribution in [0, 0.1) is 0 Å². The number of phenols is 1. The van der Waals surface area contributed by atoms with Gasteiger partial charge in [0.25, 0.3) is 0 Å². The number of amides is 1. The van der Waals surface area contributed by atoms with E-state index in [2.05, 4.69) is 5.32 Å². The predicted octanol–water partition coefficient (Wildman–Crippen LogP) is 2.65. The molecule has 4 heteroatoms. The van der Waals surface area contributed by atoms with Gasteiger partial charge in [0, 0.05) is 5.56 Å². The summed E-state index contributed by atoms with van der Waals surface area (Å²) < 4.78 is 0. The van der Waals surface area contributed by atoms with Crippen LogP contribution in [0.4, 0.5) is 0 Å². The van der Waals surface area contributed by atoms with E-state index >= 15 is 0 Å². The molecule has 0 spiro atoms. The Morgan fingerprint density at radius 2 is 2.00 bits per heavy atom. The van der Waals surface area contributed by atoms with Gasteiger partial charge in [-0.25, -0.2) is 0 Å². The summed E-state index contributed by atoms with van der Waals surface area (Å²) >= 11 is 0. The van der Waals surface area contributed by atoms with Crippen molar-refractivity contribution in [1.82, 2.24) is 5.32 Å². The van der Waals surface area contributed by atoms with Crippen molar-refractivity contribution in [3.8, 4) is 5.75 Å². The van der Waals surface area contributed by atoms with Crippen LogP contribution in [0.1, 0.15) is 57.1 Å². The molecule has 0 aliphatic heterocycles. The zero-order chi connectivity index (χ0) is 14.6. The molecule has 1 fully saturated rings. The standard InChI is InChI=1S/C16H23NO3/c1-2-13(12-7-3-4-8-14(12)18)17-15(19)11-16(20)9-5-6-10-16/h3-4,7-8,13,18,20H,2,5-6,9-11H2,1H3,(H,17,19). The third kappa shape index (κ3) is 3.51. The van der Waals surface area contributed by atoms with Gasteiger partial charge < -0.3 is 15.5 Å². The van der Waals surface area contributed by atoms with Crippen molar-refractivity contribution in [2.45, 2.75) is 57.1 Å². The molecule has 20 heavy (non-hydrogen) atoms. The first-order valence-electron chi connectivity index (χ1n) is 7.34. The van der Waals surface area contributed by atoms with E-state index < -0.39 is 5.60 Å². The van der Waals surface area contributed by atoms with Crippen molar-refractivity contribution >= 4 is 5.91 Å². The van der Waals surface area contributed by atoms with Crippen LogP contribution in [0.2, 0.25) is 0 Å². The van der Waals surface area contributed by atoms with Crippen molar-refractivity contribution in [3.05, 3.63) is 29.8 Å². The number of benzene rings is 1. The summed E-state index contributed by atoms with van der Waals surface area (Å²) in [6, 6.07) is 6.82. The first-order chi connectivity index (χ1) is 9.54. The third-order valence-electron chi connectivity index (χ3n) is 4.08.